The van der Waals surface area contributed by atoms with Gasteiger partial charge in [0.25, 0.3) is 0 Å². The van der Waals surface area contributed by atoms with Crippen LogP contribution in [0.5, 0.6) is 0 Å². The molecule has 1 heterocycles. The average Bonchev–Trinajstić information content (AvgIpc) is 3.01. The van der Waals surface area contributed by atoms with Gasteiger partial charge >= 0.3 is 0 Å². The number of nitrogens with one attached hydrogen (secondary N) is 1. The number of aromatic nitrogens is 2. The third-order valence-corrected chi connectivity index (χ3v) is 5.50. The van der Waals surface area contributed by atoms with Crippen molar-refractivity contribution in [1.29, 1.82) is 0 Å². The summed E-state index contributed by atoms with van der Waals surface area (Å²) in [5.74, 6) is 0.667. The van der Waals surface area contributed by atoms with E-state index in [-0.39, 0.29) is 5.91 Å². The summed E-state index contributed by atoms with van der Waals surface area (Å²) >= 11 is 15.6. The van der Waals surface area contributed by atoms with Gasteiger partial charge in [-0.3, -0.25) is 9.48 Å². The number of halogens is 3. The second-order valence-electron chi connectivity index (χ2n) is 6.90. The molecule has 0 spiro atoms. The molecular formula is C22H20BrCl2N3O. The molecule has 3 aromatic rings. The molecule has 29 heavy (non-hydrogen) atoms. The van der Waals surface area contributed by atoms with E-state index in [2.05, 4.69) is 52.3 Å². The van der Waals surface area contributed by atoms with Crippen molar-refractivity contribution in [3.63, 3.8) is 0 Å². The van der Waals surface area contributed by atoms with Crippen molar-refractivity contribution in [2.24, 2.45) is 0 Å². The third-order valence-electron chi connectivity index (χ3n) is 4.34. The first-order valence-electron chi connectivity index (χ1n) is 9.07. The van der Waals surface area contributed by atoms with Gasteiger partial charge in [-0.15, -0.1) is 0 Å². The van der Waals surface area contributed by atoms with Crippen molar-refractivity contribution in [3.05, 3.63) is 85.9 Å². The van der Waals surface area contributed by atoms with Crippen molar-refractivity contribution in [2.75, 3.05) is 5.32 Å². The number of hydrogen-bond acceptors (Lipinski definition) is 2. The Morgan fingerprint density at radius 1 is 1.21 bits per heavy atom. The number of benzene rings is 2. The molecule has 0 aliphatic heterocycles. The highest BCUT2D eigenvalue weighted by Gasteiger charge is 2.10. The lowest BCUT2D eigenvalue weighted by Crippen LogP contribution is -2.09. The van der Waals surface area contributed by atoms with Gasteiger partial charge in [-0.05, 0) is 56.7 Å². The Balaban J connectivity index is 1.64. The molecule has 1 N–H and O–H groups in total. The van der Waals surface area contributed by atoms with Crippen molar-refractivity contribution in [3.8, 4) is 0 Å². The van der Waals surface area contributed by atoms with Crippen LogP contribution in [0.25, 0.3) is 6.08 Å². The van der Waals surface area contributed by atoms with E-state index in [0.29, 0.717) is 32.8 Å². The molecule has 150 valence electrons. The third kappa shape index (κ3) is 5.95. The van der Waals surface area contributed by atoms with Crippen LogP contribution in [0.4, 0.5) is 5.82 Å². The molecule has 0 atom stereocenters. The topological polar surface area (TPSA) is 46.9 Å². The molecule has 0 aliphatic rings. The summed E-state index contributed by atoms with van der Waals surface area (Å²) < 4.78 is 2.38. The highest BCUT2D eigenvalue weighted by Crippen LogP contribution is 2.24. The highest BCUT2D eigenvalue weighted by molar-refractivity contribution is 9.10. The molecule has 0 bridgehead atoms. The Kier molecular flexibility index (Phi) is 7.17. The normalized spacial score (nSPS) is 11.4. The minimum atomic E-state index is -0.256. The average molecular weight is 493 g/mol. The van der Waals surface area contributed by atoms with Crippen molar-refractivity contribution < 1.29 is 4.79 Å². The molecule has 3 rings (SSSR count). The zero-order chi connectivity index (χ0) is 21.0. The van der Waals surface area contributed by atoms with Gasteiger partial charge in [-0.1, -0.05) is 67.4 Å². The molecule has 0 saturated heterocycles. The lowest BCUT2D eigenvalue weighted by Gasteiger charge is -2.05. The Morgan fingerprint density at radius 3 is 2.59 bits per heavy atom. The molecule has 1 aromatic heterocycles. The van der Waals surface area contributed by atoms with E-state index in [1.165, 1.54) is 11.6 Å². The SMILES string of the molecule is CC(C)c1ccc(/C=C/C(=O)Nc2nn(Cc3ccc(Cl)cc3Cl)cc2Br)cc1. The van der Waals surface area contributed by atoms with E-state index in [9.17, 15) is 4.79 Å². The number of nitrogens with zero attached hydrogens (tertiary/aromatic N) is 2. The maximum Gasteiger partial charge on any atom is 0.249 e. The van der Waals surface area contributed by atoms with Crippen LogP contribution in [0.2, 0.25) is 10.0 Å². The van der Waals surface area contributed by atoms with E-state index in [0.717, 1.165) is 11.1 Å². The molecule has 1 amide bonds. The first kappa shape index (κ1) is 21.6. The summed E-state index contributed by atoms with van der Waals surface area (Å²) in [7, 11) is 0. The summed E-state index contributed by atoms with van der Waals surface area (Å²) in [6.45, 7) is 4.76. The monoisotopic (exact) mass is 491 g/mol. The number of hydrogen-bond donors (Lipinski definition) is 1. The lowest BCUT2D eigenvalue weighted by molar-refractivity contribution is -0.111. The Bertz CT molecular complexity index is 1040. The van der Waals surface area contributed by atoms with Crippen LogP contribution in [0.3, 0.4) is 0 Å². The van der Waals surface area contributed by atoms with E-state index in [1.54, 1.807) is 29.1 Å². The lowest BCUT2D eigenvalue weighted by atomic mass is 10.0. The molecule has 7 heteroatoms. The van der Waals surface area contributed by atoms with Gasteiger partial charge in [0.1, 0.15) is 0 Å². The quantitative estimate of drug-likeness (QED) is 0.385. The number of amides is 1. The van der Waals surface area contributed by atoms with Crippen LogP contribution in [0.1, 0.15) is 36.5 Å². The summed E-state index contributed by atoms with van der Waals surface area (Å²) in [6, 6.07) is 13.5. The minimum absolute atomic E-state index is 0.256. The van der Waals surface area contributed by atoms with Crippen LogP contribution in [0, 0.1) is 0 Å². The number of anilines is 1. The standard InChI is InChI=1S/C22H20BrCl2N3O/c1-14(2)16-6-3-15(4-7-16)5-10-21(29)26-22-19(23)13-28(27-22)12-17-8-9-18(24)11-20(17)25/h3-11,13-14H,12H2,1-2H3,(H,26,27,29)/b10-5+. The van der Waals surface area contributed by atoms with Crippen molar-refractivity contribution in [1.82, 2.24) is 9.78 Å². The molecule has 0 saturated carbocycles. The molecule has 0 radical (unpaired) electrons. The van der Waals surface area contributed by atoms with Crippen molar-refractivity contribution in [2.45, 2.75) is 26.3 Å². The maximum absolute atomic E-state index is 12.3. The Hall–Kier alpha value is -2.08. The van der Waals surface area contributed by atoms with Crippen LogP contribution in [0.15, 0.2) is 59.2 Å². The fourth-order valence-corrected chi connectivity index (χ4v) is 3.59. The summed E-state index contributed by atoms with van der Waals surface area (Å²) in [5, 5.41) is 8.34. The predicted octanol–water partition coefficient (Wildman–Crippen LogP) is 6.78. The Morgan fingerprint density at radius 2 is 1.93 bits per heavy atom. The van der Waals surface area contributed by atoms with Crippen LogP contribution in [-0.2, 0) is 11.3 Å². The Labute approximate surface area is 188 Å². The van der Waals surface area contributed by atoms with Gasteiger partial charge in [-0.25, -0.2) is 0 Å². The molecule has 4 nitrogen and oxygen atoms in total. The van der Waals surface area contributed by atoms with Crippen LogP contribution < -0.4 is 5.32 Å². The molecule has 0 unspecified atom stereocenters. The zero-order valence-corrected chi connectivity index (χ0v) is 19.1. The summed E-state index contributed by atoms with van der Waals surface area (Å²) in [4.78, 5) is 12.3. The number of rotatable bonds is 6. The highest BCUT2D eigenvalue weighted by atomic mass is 79.9. The van der Waals surface area contributed by atoms with Crippen molar-refractivity contribution >= 4 is 56.9 Å². The van der Waals surface area contributed by atoms with Crippen LogP contribution in [-0.4, -0.2) is 15.7 Å². The molecule has 2 aromatic carbocycles. The van der Waals surface area contributed by atoms with E-state index >= 15 is 0 Å². The van der Waals surface area contributed by atoms with Gasteiger partial charge in [0.05, 0.1) is 11.0 Å². The van der Waals surface area contributed by atoms with Gasteiger partial charge in [0.15, 0.2) is 5.82 Å². The molecule has 0 aliphatic carbocycles. The number of carbonyl (C=O) groups excluding carboxylic acids is 1. The van der Waals surface area contributed by atoms with Gasteiger partial charge in [-0.2, -0.15) is 5.10 Å². The second-order valence-corrected chi connectivity index (χ2v) is 8.60. The van der Waals surface area contributed by atoms with E-state index in [1.807, 2.05) is 18.2 Å². The van der Waals surface area contributed by atoms with Crippen LogP contribution >= 0.6 is 39.1 Å². The first-order valence-corrected chi connectivity index (χ1v) is 10.6. The smallest absolute Gasteiger partial charge is 0.249 e. The second kappa shape index (κ2) is 9.61. The fraction of sp³-hybridized carbons (Fsp3) is 0.182. The number of carbonyl (C=O) groups is 1. The van der Waals surface area contributed by atoms with Gasteiger partial charge < -0.3 is 5.32 Å². The maximum atomic E-state index is 12.3. The predicted molar refractivity (Wildman–Crippen MR) is 124 cm³/mol. The largest absolute Gasteiger partial charge is 0.305 e. The van der Waals surface area contributed by atoms with Gasteiger partial charge in [0, 0.05) is 22.3 Å². The van der Waals surface area contributed by atoms with E-state index in [4.69, 9.17) is 23.2 Å². The van der Waals surface area contributed by atoms with E-state index < -0.39 is 0 Å². The van der Waals surface area contributed by atoms with Gasteiger partial charge in [0.2, 0.25) is 5.91 Å². The molecule has 0 fully saturated rings. The molecular weight excluding hydrogens is 473 g/mol. The minimum Gasteiger partial charge on any atom is -0.305 e. The first-order chi connectivity index (χ1) is 13.8. The fourth-order valence-electron chi connectivity index (χ4n) is 2.71. The summed E-state index contributed by atoms with van der Waals surface area (Å²) in [6.07, 6.45) is 5.05. The summed E-state index contributed by atoms with van der Waals surface area (Å²) in [5.41, 5.74) is 3.11. The zero-order valence-electron chi connectivity index (χ0n) is 16.0.